The Morgan fingerprint density at radius 3 is 2.08 bits per heavy atom. The topological polar surface area (TPSA) is 117 Å². The van der Waals surface area contributed by atoms with Crippen molar-refractivity contribution >= 4 is 17.8 Å². The normalized spacial score (nSPS) is 16.9. The van der Waals surface area contributed by atoms with Crippen molar-refractivity contribution in [3.05, 3.63) is 70.8 Å². The smallest absolute Gasteiger partial charge is 0.306 e. The molecule has 3 atom stereocenters. The summed E-state index contributed by atoms with van der Waals surface area (Å²) >= 11 is 0. The third kappa shape index (κ3) is 13.9. The van der Waals surface area contributed by atoms with Gasteiger partial charge in [0.1, 0.15) is 23.3 Å². The number of carbonyl (C=O) groups is 3. The summed E-state index contributed by atoms with van der Waals surface area (Å²) in [7, 11) is 0. The van der Waals surface area contributed by atoms with Gasteiger partial charge in [-0.15, -0.1) is 0 Å². The number of hydrogen-bond donors (Lipinski definition) is 4. The second-order valence-electron chi connectivity index (χ2n) is 17.5. The highest BCUT2D eigenvalue weighted by Gasteiger charge is 2.36. The minimum Gasteiger partial charge on any atom is -0.460 e. The molecule has 1 fully saturated rings. The van der Waals surface area contributed by atoms with Crippen molar-refractivity contribution in [2.24, 2.45) is 5.41 Å². The quantitative estimate of drug-likeness (QED) is 0.155. The van der Waals surface area contributed by atoms with E-state index in [-0.39, 0.29) is 54.5 Å². The van der Waals surface area contributed by atoms with E-state index in [4.69, 9.17) is 4.74 Å². The molecule has 4 N–H and O–H groups in total. The van der Waals surface area contributed by atoms with Crippen molar-refractivity contribution in [2.45, 2.75) is 155 Å². The Kier molecular flexibility index (Phi) is 14.4. The Morgan fingerprint density at radius 2 is 1.51 bits per heavy atom. The fourth-order valence-corrected chi connectivity index (χ4v) is 6.65. The number of nitrogens with one attached hydrogen (secondary N) is 3. The fourth-order valence-electron chi connectivity index (χ4n) is 6.65. The highest BCUT2D eigenvalue weighted by Crippen LogP contribution is 2.38. The molecule has 10 heteroatoms. The standard InChI is InChI=1S/C41H61F2N3O5/c1-38(2,3)25-35(48)45-32(16-17-36(49)51-40(7,8)9)37(50)46-33(22-27-20-30(42)24-31(43)21-27)34(47)26-44-41(18-11-10-12-19-41)29-15-13-14-28(23-29)39(4,5)6/h13-15,20-21,23-24,32-34,44,47H,10-12,16-19,22,25-26H2,1-9H3,(H,45,48)(H,46,50). The van der Waals surface area contributed by atoms with Crippen LogP contribution in [0.5, 0.6) is 0 Å². The van der Waals surface area contributed by atoms with Gasteiger partial charge in [0, 0.05) is 31.0 Å². The van der Waals surface area contributed by atoms with Gasteiger partial charge in [0.05, 0.1) is 12.1 Å². The van der Waals surface area contributed by atoms with Crippen LogP contribution in [0.1, 0.15) is 130 Å². The average Bonchev–Trinajstić information content (AvgIpc) is 2.99. The number of esters is 1. The zero-order valence-corrected chi connectivity index (χ0v) is 32.2. The molecular weight excluding hydrogens is 652 g/mol. The first-order chi connectivity index (χ1) is 23.5. The Hall–Kier alpha value is -3.37. The lowest BCUT2D eigenvalue weighted by molar-refractivity contribution is -0.155. The van der Waals surface area contributed by atoms with E-state index in [1.807, 2.05) is 20.8 Å². The van der Waals surface area contributed by atoms with E-state index in [0.29, 0.717) is 0 Å². The highest BCUT2D eigenvalue weighted by molar-refractivity contribution is 5.88. The minimum atomic E-state index is -1.18. The number of amides is 2. The van der Waals surface area contributed by atoms with Crippen LogP contribution in [0.15, 0.2) is 42.5 Å². The van der Waals surface area contributed by atoms with Gasteiger partial charge in [-0.05, 0) is 86.1 Å². The molecule has 1 aliphatic carbocycles. The van der Waals surface area contributed by atoms with Gasteiger partial charge in [0.25, 0.3) is 0 Å². The predicted molar refractivity (Wildman–Crippen MR) is 197 cm³/mol. The van der Waals surface area contributed by atoms with Crippen LogP contribution < -0.4 is 16.0 Å². The van der Waals surface area contributed by atoms with E-state index in [1.54, 1.807) is 20.8 Å². The van der Waals surface area contributed by atoms with Crippen LogP contribution >= 0.6 is 0 Å². The molecule has 0 bridgehead atoms. The van der Waals surface area contributed by atoms with Crippen LogP contribution in [0.3, 0.4) is 0 Å². The van der Waals surface area contributed by atoms with E-state index in [2.05, 4.69) is 61.0 Å². The molecule has 1 saturated carbocycles. The summed E-state index contributed by atoms with van der Waals surface area (Å²) in [6, 6.07) is 9.54. The average molecular weight is 714 g/mol. The van der Waals surface area contributed by atoms with Gasteiger partial charge < -0.3 is 25.8 Å². The van der Waals surface area contributed by atoms with E-state index in [1.165, 1.54) is 17.7 Å². The molecule has 1 aliphatic rings. The van der Waals surface area contributed by atoms with Gasteiger partial charge in [-0.25, -0.2) is 8.78 Å². The third-order valence-corrected chi connectivity index (χ3v) is 9.21. The third-order valence-electron chi connectivity index (χ3n) is 9.21. The van der Waals surface area contributed by atoms with Gasteiger partial charge in [-0.1, -0.05) is 85.1 Å². The molecule has 3 rings (SSSR count). The number of aliphatic hydroxyl groups is 1. The molecule has 2 amide bonds. The molecule has 51 heavy (non-hydrogen) atoms. The number of rotatable bonds is 14. The Morgan fingerprint density at radius 1 is 0.882 bits per heavy atom. The van der Waals surface area contributed by atoms with Gasteiger partial charge in [0.15, 0.2) is 0 Å². The molecular formula is C41H61F2N3O5. The first-order valence-electron chi connectivity index (χ1n) is 18.4. The molecule has 0 radical (unpaired) electrons. The summed E-state index contributed by atoms with van der Waals surface area (Å²) < 4.78 is 34.0. The summed E-state index contributed by atoms with van der Waals surface area (Å²) in [5, 5.41) is 21.1. The SMILES string of the molecule is CC(C)(C)CC(=O)NC(CCC(=O)OC(C)(C)C)C(=O)NC(Cc1cc(F)cc(F)c1)C(O)CNC1(c2cccc(C(C)(C)C)c2)CCCCC1. The minimum absolute atomic E-state index is 0.0421. The lowest BCUT2D eigenvalue weighted by atomic mass is 9.74. The van der Waals surface area contributed by atoms with Crippen molar-refractivity contribution in [3.8, 4) is 0 Å². The number of aliphatic hydroxyl groups excluding tert-OH is 1. The van der Waals surface area contributed by atoms with Crippen molar-refractivity contribution in [1.82, 2.24) is 16.0 Å². The maximum Gasteiger partial charge on any atom is 0.306 e. The van der Waals surface area contributed by atoms with Gasteiger partial charge in [0.2, 0.25) is 11.8 Å². The van der Waals surface area contributed by atoms with Crippen molar-refractivity contribution < 1.29 is 33.0 Å². The van der Waals surface area contributed by atoms with Crippen LogP contribution in [-0.2, 0) is 36.5 Å². The van der Waals surface area contributed by atoms with E-state index < -0.39 is 52.8 Å². The molecule has 284 valence electrons. The molecule has 3 unspecified atom stereocenters. The largest absolute Gasteiger partial charge is 0.460 e. The lowest BCUT2D eigenvalue weighted by Gasteiger charge is -2.41. The molecule has 0 heterocycles. The Bertz CT molecular complexity index is 1470. The summed E-state index contributed by atoms with van der Waals surface area (Å²) in [5.74, 6) is -3.05. The van der Waals surface area contributed by atoms with Gasteiger partial charge in [-0.3, -0.25) is 14.4 Å². The monoisotopic (exact) mass is 713 g/mol. The maximum atomic E-state index is 14.3. The first-order valence-corrected chi connectivity index (χ1v) is 18.4. The number of ether oxygens (including phenoxy) is 1. The fraction of sp³-hybridized carbons (Fsp3) is 0.634. The van der Waals surface area contributed by atoms with Gasteiger partial charge >= 0.3 is 5.97 Å². The molecule has 2 aromatic carbocycles. The van der Waals surface area contributed by atoms with Crippen molar-refractivity contribution in [1.29, 1.82) is 0 Å². The maximum absolute atomic E-state index is 14.3. The second-order valence-corrected chi connectivity index (χ2v) is 17.5. The molecule has 0 aromatic heterocycles. The molecule has 2 aromatic rings. The van der Waals surface area contributed by atoms with E-state index in [0.717, 1.165) is 43.7 Å². The van der Waals surface area contributed by atoms with Crippen LogP contribution in [0.2, 0.25) is 0 Å². The van der Waals surface area contributed by atoms with Crippen LogP contribution in [0.4, 0.5) is 8.78 Å². The van der Waals surface area contributed by atoms with Gasteiger partial charge in [-0.2, -0.15) is 0 Å². The summed E-state index contributed by atoms with van der Waals surface area (Å²) in [6.07, 6.45) is 3.58. The molecule has 8 nitrogen and oxygen atoms in total. The highest BCUT2D eigenvalue weighted by atomic mass is 19.1. The van der Waals surface area contributed by atoms with Crippen molar-refractivity contribution in [3.63, 3.8) is 0 Å². The first kappa shape index (κ1) is 42.0. The summed E-state index contributed by atoms with van der Waals surface area (Å²) in [6.45, 7) is 17.5. The Labute approximate surface area is 303 Å². The number of halogens is 2. The van der Waals surface area contributed by atoms with E-state index >= 15 is 0 Å². The number of hydrogen-bond acceptors (Lipinski definition) is 6. The second kappa shape index (κ2) is 17.4. The zero-order valence-electron chi connectivity index (χ0n) is 32.2. The summed E-state index contributed by atoms with van der Waals surface area (Å²) in [4.78, 5) is 39.6. The zero-order chi connectivity index (χ0) is 38.2. The van der Waals surface area contributed by atoms with Crippen LogP contribution in [0.25, 0.3) is 0 Å². The molecule has 0 spiro atoms. The van der Waals surface area contributed by atoms with E-state index in [9.17, 15) is 28.3 Å². The Balaban J connectivity index is 1.90. The summed E-state index contributed by atoms with van der Waals surface area (Å²) in [5.41, 5.74) is 1.06. The predicted octanol–water partition coefficient (Wildman–Crippen LogP) is 7.14. The van der Waals surface area contributed by atoms with Crippen LogP contribution in [-0.4, -0.2) is 53.2 Å². The number of carbonyl (C=O) groups excluding carboxylic acids is 3. The lowest BCUT2D eigenvalue weighted by Crippen LogP contribution is -2.56. The van der Waals surface area contributed by atoms with Crippen molar-refractivity contribution in [2.75, 3.05) is 6.54 Å². The number of benzene rings is 2. The molecule has 0 aliphatic heterocycles. The molecule has 0 saturated heterocycles. The van der Waals surface area contributed by atoms with Crippen LogP contribution in [0, 0.1) is 17.0 Å².